The number of alkyl halides is 6. The highest BCUT2D eigenvalue weighted by molar-refractivity contribution is 7.92. The first kappa shape index (κ1) is 25.9. The lowest BCUT2D eigenvalue weighted by Gasteiger charge is -2.70. The summed E-state index contributed by atoms with van der Waals surface area (Å²) in [6, 6.07) is 8.65. The number of benzene rings is 2. The molecule has 0 atom stereocenters. The van der Waals surface area contributed by atoms with E-state index in [4.69, 9.17) is 0 Å². The molecular weight excluding hydrogens is 538 g/mol. The van der Waals surface area contributed by atoms with E-state index >= 15 is 0 Å². The Balaban J connectivity index is 1.41. The zero-order valence-corrected chi connectivity index (χ0v) is 20.0. The third kappa shape index (κ3) is 4.46. The van der Waals surface area contributed by atoms with Gasteiger partial charge in [0.25, 0.3) is 15.9 Å². The van der Waals surface area contributed by atoms with E-state index in [2.05, 4.69) is 15.3 Å². The first-order valence-electron chi connectivity index (χ1n) is 11.1. The number of nitrogens with zero attached hydrogens (tertiary/aromatic N) is 2. The van der Waals surface area contributed by atoms with E-state index in [-0.39, 0.29) is 24.2 Å². The van der Waals surface area contributed by atoms with Gasteiger partial charge in [0.15, 0.2) is 5.82 Å². The summed E-state index contributed by atoms with van der Waals surface area (Å²) in [4.78, 5) is 20.7. The van der Waals surface area contributed by atoms with E-state index in [0.29, 0.717) is 23.5 Å². The predicted octanol–water partition coefficient (Wildman–Crippen LogP) is 5.18. The van der Waals surface area contributed by atoms with Crippen LogP contribution >= 0.6 is 0 Å². The van der Waals surface area contributed by atoms with E-state index in [0.717, 1.165) is 6.07 Å². The number of nitrogens with one attached hydrogen (secondary N) is 2. The first-order chi connectivity index (χ1) is 17.6. The smallest absolute Gasteiger partial charge is 0.346 e. The topological polar surface area (TPSA) is 101 Å². The van der Waals surface area contributed by atoms with E-state index < -0.39 is 56.1 Å². The highest BCUT2D eigenvalue weighted by atomic mass is 32.2. The molecule has 1 heterocycles. The number of hydrogen-bond donors (Lipinski definition) is 2. The summed E-state index contributed by atoms with van der Waals surface area (Å²) in [5.41, 5.74) is -4.84. The molecule has 1 aromatic heterocycles. The minimum Gasteiger partial charge on any atom is -0.346 e. The van der Waals surface area contributed by atoms with Gasteiger partial charge in [-0.2, -0.15) is 26.3 Å². The number of sulfonamides is 1. The molecule has 6 rings (SSSR count). The Kier molecular flexibility index (Phi) is 5.74. The van der Waals surface area contributed by atoms with Crippen LogP contribution in [0.25, 0.3) is 11.4 Å². The maximum atomic E-state index is 13.4. The lowest BCUT2D eigenvalue weighted by atomic mass is 9.39. The zero-order chi connectivity index (χ0) is 27.6. The molecule has 3 aromatic rings. The maximum Gasteiger partial charge on any atom is 0.416 e. The predicted molar refractivity (Wildman–Crippen MR) is 122 cm³/mol. The molecule has 3 fully saturated rings. The fraction of sp³-hybridized carbons (Fsp3) is 0.292. The van der Waals surface area contributed by atoms with Crippen molar-refractivity contribution in [2.24, 2.45) is 5.41 Å². The number of amides is 1. The fourth-order valence-electron chi connectivity index (χ4n) is 4.97. The second-order valence-corrected chi connectivity index (χ2v) is 11.2. The largest absolute Gasteiger partial charge is 0.416 e. The van der Waals surface area contributed by atoms with Crippen molar-refractivity contribution in [3.05, 3.63) is 72.1 Å². The van der Waals surface area contributed by atoms with Crippen LogP contribution in [0.3, 0.4) is 0 Å². The highest BCUT2D eigenvalue weighted by Gasteiger charge is 2.79. The monoisotopic (exact) mass is 556 g/mol. The second-order valence-electron chi connectivity index (χ2n) is 9.50. The molecule has 14 heteroatoms. The van der Waals surface area contributed by atoms with E-state index in [9.17, 15) is 39.6 Å². The Bertz CT molecular complexity index is 1490. The summed E-state index contributed by atoms with van der Waals surface area (Å²) in [5, 5.41) is 2.45. The number of hydrogen-bond acceptors (Lipinski definition) is 5. The summed E-state index contributed by atoms with van der Waals surface area (Å²) in [6.07, 6.45) is -7.30. The number of rotatable bonds is 6. The van der Waals surface area contributed by atoms with Crippen molar-refractivity contribution in [1.82, 2.24) is 15.3 Å². The molecule has 0 aliphatic heterocycles. The van der Waals surface area contributed by atoms with Crippen LogP contribution in [0.2, 0.25) is 0 Å². The molecule has 200 valence electrons. The van der Waals surface area contributed by atoms with Crippen LogP contribution in [-0.4, -0.2) is 36.0 Å². The molecule has 1 amide bonds. The van der Waals surface area contributed by atoms with Gasteiger partial charge in [-0.05, 0) is 67.8 Å². The lowest BCUT2D eigenvalue weighted by molar-refractivity contribution is -0.336. The van der Waals surface area contributed by atoms with Crippen molar-refractivity contribution >= 4 is 21.6 Å². The van der Waals surface area contributed by atoms with Gasteiger partial charge in [0, 0.05) is 23.5 Å². The summed E-state index contributed by atoms with van der Waals surface area (Å²) < 4.78 is 108. The Hall–Kier alpha value is -3.68. The molecule has 0 spiro atoms. The van der Waals surface area contributed by atoms with Gasteiger partial charge in [-0.15, -0.1) is 0 Å². The normalized spacial score (nSPS) is 22.7. The van der Waals surface area contributed by atoms with Crippen LogP contribution < -0.4 is 10.0 Å². The molecule has 3 aliphatic carbocycles. The molecule has 0 radical (unpaired) electrons. The minimum absolute atomic E-state index is 0.313. The molecule has 3 aliphatic rings. The van der Waals surface area contributed by atoms with E-state index in [1.165, 1.54) is 36.7 Å². The van der Waals surface area contributed by atoms with Crippen LogP contribution in [-0.2, 0) is 16.2 Å². The standard InChI is InChI=1S/C24H18F6N4O3S/c25-23(26,27)15-4-7-17(20(35)33-22-11-21(12-22,13-22)24(28,29)30)18(10-15)34-38(36,37)16-5-2-14(3-6-16)19-31-8-1-9-32-19/h1-10,34H,11-13H2,(H,33,35). The summed E-state index contributed by atoms with van der Waals surface area (Å²) >= 11 is 0. The Morgan fingerprint density at radius 1 is 0.895 bits per heavy atom. The average Bonchev–Trinajstić information content (AvgIpc) is 2.79. The Labute approximate surface area is 212 Å². The molecule has 2 bridgehead atoms. The fourth-order valence-corrected chi connectivity index (χ4v) is 6.04. The van der Waals surface area contributed by atoms with Crippen molar-refractivity contribution in [1.29, 1.82) is 0 Å². The molecule has 0 saturated heterocycles. The molecule has 2 N–H and O–H groups in total. The van der Waals surface area contributed by atoms with Gasteiger partial charge < -0.3 is 5.32 Å². The van der Waals surface area contributed by atoms with Gasteiger partial charge in [-0.1, -0.05) is 0 Å². The SMILES string of the molecule is O=C(NC12CC(C(F)(F)F)(C1)C2)c1ccc(C(F)(F)F)cc1NS(=O)(=O)c1ccc(-c2ncccn2)cc1. The van der Waals surface area contributed by atoms with Crippen LogP contribution in [0.1, 0.15) is 35.2 Å². The van der Waals surface area contributed by atoms with Gasteiger partial charge in [0.1, 0.15) is 0 Å². The summed E-state index contributed by atoms with van der Waals surface area (Å²) in [6.45, 7) is 0. The molecule has 0 unspecified atom stereocenters. The van der Waals surface area contributed by atoms with Crippen molar-refractivity contribution in [3.63, 3.8) is 0 Å². The van der Waals surface area contributed by atoms with Crippen LogP contribution in [0, 0.1) is 5.41 Å². The Morgan fingerprint density at radius 3 is 2.05 bits per heavy atom. The van der Waals surface area contributed by atoms with Crippen molar-refractivity contribution in [2.75, 3.05) is 4.72 Å². The number of aromatic nitrogens is 2. The number of carbonyl (C=O) groups is 1. The summed E-state index contributed by atoms with van der Waals surface area (Å²) in [7, 11) is -4.47. The lowest BCUT2D eigenvalue weighted by Crippen LogP contribution is -2.78. The van der Waals surface area contributed by atoms with Gasteiger partial charge in [0.05, 0.1) is 27.1 Å². The van der Waals surface area contributed by atoms with Crippen LogP contribution in [0.4, 0.5) is 32.0 Å². The third-order valence-corrected chi connectivity index (χ3v) is 8.22. The number of anilines is 1. The van der Waals surface area contributed by atoms with Gasteiger partial charge in [-0.3, -0.25) is 9.52 Å². The highest BCUT2D eigenvalue weighted by Crippen LogP contribution is 2.73. The molecule has 3 saturated carbocycles. The summed E-state index contributed by atoms with van der Waals surface area (Å²) in [5.74, 6) is -0.661. The third-order valence-electron chi connectivity index (χ3n) is 6.83. The first-order valence-corrected chi connectivity index (χ1v) is 12.6. The average molecular weight is 556 g/mol. The van der Waals surface area contributed by atoms with Gasteiger partial charge in [-0.25, -0.2) is 18.4 Å². The van der Waals surface area contributed by atoms with Crippen molar-refractivity contribution in [3.8, 4) is 11.4 Å². The van der Waals surface area contributed by atoms with Crippen LogP contribution in [0.5, 0.6) is 0 Å². The molecule has 2 aromatic carbocycles. The van der Waals surface area contributed by atoms with E-state index in [1.807, 2.05) is 4.72 Å². The van der Waals surface area contributed by atoms with Crippen molar-refractivity contribution in [2.45, 2.75) is 42.0 Å². The van der Waals surface area contributed by atoms with Gasteiger partial charge in [0.2, 0.25) is 0 Å². The number of halogens is 6. The van der Waals surface area contributed by atoms with Crippen molar-refractivity contribution < 1.29 is 39.6 Å². The second kappa shape index (κ2) is 8.41. The van der Waals surface area contributed by atoms with Crippen LogP contribution in [0.15, 0.2) is 65.8 Å². The maximum absolute atomic E-state index is 13.4. The minimum atomic E-state index is -4.85. The van der Waals surface area contributed by atoms with Gasteiger partial charge >= 0.3 is 12.4 Å². The Morgan fingerprint density at radius 2 is 1.50 bits per heavy atom. The number of carbonyl (C=O) groups excluding carboxylic acids is 1. The zero-order valence-electron chi connectivity index (χ0n) is 19.2. The molecule has 7 nitrogen and oxygen atoms in total. The molecular formula is C24H18F6N4O3S. The molecule has 38 heavy (non-hydrogen) atoms. The van der Waals surface area contributed by atoms with E-state index in [1.54, 1.807) is 6.07 Å². The quantitative estimate of drug-likeness (QED) is 0.408.